The molecule has 5 nitrogen and oxygen atoms in total. The molecule has 1 amide bonds. The van der Waals surface area contributed by atoms with Crippen LogP contribution in [-0.4, -0.2) is 48.5 Å². The second kappa shape index (κ2) is 11.0. The molecule has 0 saturated carbocycles. The molecule has 0 radical (unpaired) electrons. The number of piperazine rings is 1. The average molecular weight is 405 g/mol. The molecule has 3 rings (SSSR count). The summed E-state index contributed by atoms with van der Waals surface area (Å²) in [6.07, 6.45) is 2.86. The molecule has 1 aliphatic rings. The van der Waals surface area contributed by atoms with E-state index in [2.05, 4.69) is 10.2 Å². The molecule has 1 heterocycles. The molecule has 0 bridgehead atoms. The van der Waals surface area contributed by atoms with E-state index in [1.807, 2.05) is 0 Å². The van der Waals surface area contributed by atoms with Crippen LogP contribution in [0, 0.1) is 11.6 Å². The van der Waals surface area contributed by atoms with E-state index < -0.39 is 0 Å². The molecule has 5 N–H and O–H groups in total. The molecular formula is C22H29F2N3O2. The third-order valence-electron chi connectivity index (χ3n) is 5.36. The Morgan fingerprint density at radius 1 is 1.03 bits per heavy atom. The van der Waals surface area contributed by atoms with Gasteiger partial charge in [-0.1, -0.05) is 30.7 Å². The predicted octanol–water partition coefficient (Wildman–Crippen LogP) is 2.20. The van der Waals surface area contributed by atoms with Gasteiger partial charge in [-0.2, -0.15) is 0 Å². The number of unbranched alkanes of at least 4 members (excludes halogenated alkanes) is 1. The van der Waals surface area contributed by atoms with Crippen molar-refractivity contribution >= 4 is 5.91 Å². The number of hydrogen-bond acceptors (Lipinski definition) is 3. The smallest absolute Gasteiger partial charge is 0.235 e. The van der Waals surface area contributed by atoms with Crippen molar-refractivity contribution in [1.82, 2.24) is 10.2 Å². The topological polar surface area (TPSA) is 89.9 Å². The number of nitrogens with zero attached hydrogens (tertiary/aromatic N) is 1. The molecular weight excluding hydrogens is 376 g/mol. The van der Waals surface area contributed by atoms with Crippen molar-refractivity contribution in [2.45, 2.75) is 31.2 Å². The van der Waals surface area contributed by atoms with Gasteiger partial charge in [0.15, 0.2) is 0 Å². The van der Waals surface area contributed by atoms with Gasteiger partial charge in [0.05, 0.1) is 6.04 Å². The van der Waals surface area contributed by atoms with E-state index in [4.69, 9.17) is 5.73 Å². The standard InChI is InChI=1S/C22H27F2N3O.H2O/c23-18-8-4-16(5-9-18)20(17-6-10-19(24)11-7-17)3-1-2-13-27-14-12-26-21(15-27)22(25)28;/h4-11,20-21,26H,1-3,12-15H2,(H2,25,28);1H2. The van der Waals surface area contributed by atoms with Crippen LogP contribution in [-0.2, 0) is 4.79 Å². The maximum Gasteiger partial charge on any atom is 0.235 e. The highest BCUT2D eigenvalue weighted by molar-refractivity contribution is 5.80. The van der Waals surface area contributed by atoms with Crippen LogP contribution in [0.1, 0.15) is 36.3 Å². The van der Waals surface area contributed by atoms with Gasteiger partial charge in [0.2, 0.25) is 5.91 Å². The van der Waals surface area contributed by atoms with Crippen LogP contribution < -0.4 is 11.1 Å². The quantitative estimate of drug-likeness (QED) is 0.660. The Hall–Kier alpha value is -2.35. The molecule has 2 aromatic carbocycles. The van der Waals surface area contributed by atoms with Gasteiger partial charge in [-0.3, -0.25) is 9.69 Å². The van der Waals surface area contributed by atoms with Crippen molar-refractivity contribution in [2.24, 2.45) is 5.73 Å². The monoisotopic (exact) mass is 405 g/mol. The fourth-order valence-electron chi connectivity index (χ4n) is 3.80. The highest BCUT2D eigenvalue weighted by Crippen LogP contribution is 2.30. The van der Waals surface area contributed by atoms with Gasteiger partial charge < -0.3 is 16.5 Å². The van der Waals surface area contributed by atoms with E-state index in [0.717, 1.165) is 50.0 Å². The number of halogens is 2. The average Bonchev–Trinajstić information content (AvgIpc) is 2.70. The molecule has 1 unspecified atom stereocenters. The number of nitrogens with one attached hydrogen (secondary N) is 1. The first-order valence-electron chi connectivity index (χ1n) is 9.79. The molecule has 1 atom stereocenters. The second-order valence-corrected chi connectivity index (χ2v) is 7.36. The summed E-state index contributed by atoms with van der Waals surface area (Å²) in [7, 11) is 0. The number of hydrogen-bond donors (Lipinski definition) is 2. The fourth-order valence-corrected chi connectivity index (χ4v) is 3.80. The minimum atomic E-state index is -0.308. The molecule has 7 heteroatoms. The highest BCUT2D eigenvalue weighted by atomic mass is 19.1. The number of carbonyl (C=O) groups excluding carboxylic acids is 1. The van der Waals surface area contributed by atoms with Gasteiger partial charge >= 0.3 is 0 Å². The van der Waals surface area contributed by atoms with Crippen molar-refractivity contribution in [3.05, 3.63) is 71.3 Å². The number of amides is 1. The number of rotatable bonds is 8. The summed E-state index contributed by atoms with van der Waals surface area (Å²) < 4.78 is 26.6. The molecule has 0 aromatic heterocycles. The van der Waals surface area contributed by atoms with Crippen LogP contribution >= 0.6 is 0 Å². The van der Waals surface area contributed by atoms with Crippen molar-refractivity contribution in [1.29, 1.82) is 0 Å². The molecule has 0 spiro atoms. The van der Waals surface area contributed by atoms with Crippen LogP contribution in [0.4, 0.5) is 8.78 Å². The first-order chi connectivity index (χ1) is 13.5. The summed E-state index contributed by atoms with van der Waals surface area (Å²) in [6, 6.07) is 12.8. The maximum absolute atomic E-state index is 13.3. The van der Waals surface area contributed by atoms with Crippen molar-refractivity contribution in [2.75, 3.05) is 26.2 Å². The van der Waals surface area contributed by atoms with E-state index in [1.165, 1.54) is 24.3 Å². The Kier molecular flexibility index (Phi) is 8.70. The molecule has 1 aliphatic heterocycles. The zero-order chi connectivity index (χ0) is 19.9. The Labute approximate surface area is 170 Å². The normalized spacial score (nSPS) is 17.1. The maximum atomic E-state index is 13.3. The van der Waals surface area contributed by atoms with Crippen LogP contribution in [0.25, 0.3) is 0 Å². The van der Waals surface area contributed by atoms with Crippen LogP contribution in [0.5, 0.6) is 0 Å². The Balaban J connectivity index is 0.00000300. The van der Waals surface area contributed by atoms with Gasteiger partial charge in [-0.05, 0) is 54.8 Å². The van der Waals surface area contributed by atoms with Gasteiger partial charge in [-0.25, -0.2) is 8.78 Å². The summed E-state index contributed by atoms with van der Waals surface area (Å²) in [4.78, 5) is 13.6. The third-order valence-corrected chi connectivity index (χ3v) is 5.36. The van der Waals surface area contributed by atoms with E-state index in [0.29, 0.717) is 6.54 Å². The fraction of sp³-hybridized carbons (Fsp3) is 0.409. The second-order valence-electron chi connectivity index (χ2n) is 7.36. The molecule has 29 heavy (non-hydrogen) atoms. The van der Waals surface area contributed by atoms with Gasteiger partial charge in [0, 0.05) is 25.6 Å². The van der Waals surface area contributed by atoms with Crippen molar-refractivity contribution < 1.29 is 19.1 Å². The van der Waals surface area contributed by atoms with Crippen LogP contribution in [0.15, 0.2) is 48.5 Å². The van der Waals surface area contributed by atoms with Crippen molar-refractivity contribution in [3.63, 3.8) is 0 Å². The van der Waals surface area contributed by atoms with E-state index in [9.17, 15) is 13.6 Å². The molecule has 158 valence electrons. The van der Waals surface area contributed by atoms with E-state index in [1.54, 1.807) is 24.3 Å². The molecule has 1 saturated heterocycles. The molecule has 2 aromatic rings. The Morgan fingerprint density at radius 3 is 2.10 bits per heavy atom. The summed E-state index contributed by atoms with van der Waals surface area (Å²) in [5.41, 5.74) is 7.46. The zero-order valence-corrected chi connectivity index (χ0v) is 16.4. The SMILES string of the molecule is NC(=O)C1CN(CCCCC(c2ccc(F)cc2)c2ccc(F)cc2)CCN1.O. The number of nitrogens with two attached hydrogens (primary N) is 1. The Morgan fingerprint density at radius 2 is 1.59 bits per heavy atom. The van der Waals surface area contributed by atoms with Gasteiger partial charge in [-0.15, -0.1) is 0 Å². The number of benzene rings is 2. The molecule has 1 fully saturated rings. The summed E-state index contributed by atoms with van der Waals surface area (Å²) >= 11 is 0. The lowest BCUT2D eigenvalue weighted by molar-refractivity contribution is -0.121. The number of carbonyl (C=O) groups is 1. The Bertz CT molecular complexity index is 723. The van der Waals surface area contributed by atoms with Gasteiger partial charge in [0.1, 0.15) is 11.6 Å². The lowest BCUT2D eigenvalue weighted by Crippen LogP contribution is -2.56. The van der Waals surface area contributed by atoms with E-state index >= 15 is 0 Å². The first kappa shape index (κ1) is 22.9. The van der Waals surface area contributed by atoms with E-state index in [-0.39, 0.29) is 35.0 Å². The third kappa shape index (κ3) is 6.59. The largest absolute Gasteiger partial charge is 0.412 e. The predicted molar refractivity (Wildman–Crippen MR) is 110 cm³/mol. The van der Waals surface area contributed by atoms with Crippen LogP contribution in [0.3, 0.4) is 0 Å². The zero-order valence-electron chi connectivity index (χ0n) is 16.4. The summed E-state index contributed by atoms with van der Waals surface area (Å²) in [5, 5.41) is 3.13. The minimum absolute atomic E-state index is 0. The van der Waals surface area contributed by atoms with Gasteiger partial charge in [0.25, 0.3) is 0 Å². The lowest BCUT2D eigenvalue weighted by Gasteiger charge is -2.32. The minimum Gasteiger partial charge on any atom is -0.412 e. The summed E-state index contributed by atoms with van der Waals surface area (Å²) in [5.74, 6) is -0.728. The summed E-state index contributed by atoms with van der Waals surface area (Å²) in [6.45, 7) is 3.23. The van der Waals surface area contributed by atoms with Crippen molar-refractivity contribution in [3.8, 4) is 0 Å². The highest BCUT2D eigenvalue weighted by Gasteiger charge is 2.23. The van der Waals surface area contributed by atoms with Crippen LogP contribution in [0.2, 0.25) is 0 Å². The number of primary amides is 1. The first-order valence-corrected chi connectivity index (χ1v) is 9.79. The molecule has 0 aliphatic carbocycles. The lowest BCUT2D eigenvalue weighted by atomic mass is 9.87.